The fourth-order valence-corrected chi connectivity index (χ4v) is 0.154. The van der Waals surface area contributed by atoms with Gasteiger partial charge >= 0.3 is 0 Å². The van der Waals surface area contributed by atoms with Crippen molar-refractivity contribution in [2.45, 2.75) is 12.5 Å². The quantitative estimate of drug-likeness (QED) is 0.383. The normalized spacial score (nSPS) is 16.1. The lowest BCUT2D eigenvalue weighted by Gasteiger charge is -1.88. The van der Waals surface area contributed by atoms with Crippen molar-refractivity contribution in [2.75, 3.05) is 13.1 Å². The summed E-state index contributed by atoms with van der Waals surface area (Å²) in [5.74, 6) is 0. The number of aliphatic hydroxyl groups excluding tert-OH is 1. The number of carbonyl (C=O) groups is 2. The first-order chi connectivity index (χ1) is 4.81. The van der Waals surface area contributed by atoms with E-state index in [2.05, 4.69) is 5.32 Å². The molecule has 1 heterocycles. The van der Waals surface area contributed by atoms with E-state index in [4.69, 9.17) is 5.11 Å². The second-order valence-electron chi connectivity index (χ2n) is 1.86. The molecule has 0 saturated carbocycles. The zero-order chi connectivity index (χ0) is 7.82. The van der Waals surface area contributed by atoms with Gasteiger partial charge in [-0.15, -0.1) is 0 Å². The predicted molar refractivity (Wildman–Crippen MR) is 35.6 cm³/mol. The van der Waals surface area contributed by atoms with Gasteiger partial charge in [0.15, 0.2) is 0 Å². The minimum atomic E-state index is -1.10. The molecule has 0 aromatic rings. The largest absolute Gasteiger partial charge is 0.385 e. The Balaban J connectivity index is 0.000000219. The highest BCUT2D eigenvalue weighted by Gasteiger charge is 1.95. The summed E-state index contributed by atoms with van der Waals surface area (Å²) in [6.45, 7) is 2.50. The van der Waals surface area contributed by atoms with Crippen LogP contribution in [0.2, 0.25) is 0 Å². The van der Waals surface area contributed by atoms with Gasteiger partial charge in [0.2, 0.25) is 0 Å². The van der Waals surface area contributed by atoms with Crippen molar-refractivity contribution in [2.24, 2.45) is 0 Å². The maximum atomic E-state index is 9.49. The summed E-state index contributed by atoms with van der Waals surface area (Å²) in [6.07, 6.45) is -0.366. The Morgan fingerprint density at radius 3 is 2.10 bits per heavy atom. The SMILES string of the molecule is C1CN1.O=CCC(O)C=O. The van der Waals surface area contributed by atoms with E-state index >= 15 is 0 Å². The van der Waals surface area contributed by atoms with Crippen molar-refractivity contribution in [1.82, 2.24) is 5.32 Å². The van der Waals surface area contributed by atoms with E-state index in [0.29, 0.717) is 12.6 Å². The van der Waals surface area contributed by atoms with Crippen molar-refractivity contribution in [3.63, 3.8) is 0 Å². The van der Waals surface area contributed by atoms with Crippen LogP contribution in [0.5, 0.6) is 0 Å². The number of hydrogen-bond acceptors (Lipinski definition) is 4. The summed E-state index contributed by atoms with van der Waals surface area (Å²) in [5, 5.41) is 11.3. The molecule has 1 unspecified atom stereocenters. The van der Waals surface area contributed by atoms with Gasteiger partial charge in [-0.25, -0.2) is 0 Å². The smallest absolute Gasteiger partial charge is 0.148 e. The molecule has 0 aromatic heterocycles. The summed E-state index contributed by atoms with van der Waals surface area (Å²) < 4.78 is 0. The molecule has 4 heteroatoms. The van der Waals surface area contributed by atoms with Gasteiger partial charge in [0, 0.05) is 19.5 Å². The van der Waals surface area contributed by atoms with Gasteiger partial charge in [-0.3, -0.25) is 0 Å². The Bertz CT molecular complexity index is 100. The third-order valence-electron chi connectivity index (χ3n) is 0.745. The van der Waals surface area contributed by atoms with Gasteiger partial charge in [-0.05, 0) is 0 Å². The molecule has 10 heavy (non-hydrogen) atoms. The number of carbonyl (C=O) groups excluding carboxylic acids is 2. The van der Waals surface area contributed by atoms with Crippen LogP contribution >= 0.6 is 0 Å². The zero-order valence-electron chi connectivity index (χ0n) is 5.62. The summed E-state index contributed by atoms with van der Waals surface area (Å²) in [5.41, 5.74) is 0. The molecule has 1 saturated heterocycles. The maximum absolute atomic E-state index is 9.49. The molecular formula is C6H11NO3. The van der Waals surface area contributed by atoms with Crippen LogP contribution in [0.3, 0.4) is 0 Å². The van der Waals surface area contributed by atoms with E-state index in [9.17, 15) is 9.59 Å². The number of rotatable bonds is 3. The van der Waals surface area contributed by atoms with Gasteiger partial charge in [-0.1, -0.05) is 0 Å². The van der Waals surface area contributed by atoms with Gasteiger partial charge in [0.05, 0.1) is 0 Å². The number of aldehydes is 2. The molecule has 1 aliphatic heterocycles. The Hall–Kier alpha value is -0.740. The van der Waals surface area contributed by atoms with Crippen molar-refractivity contribution in [3.05, 3.63) is 0 Å². The average Bonchev–Trinajstić information content (AvgIpc) is 2.73. The molecule has 0 spiro atoms. The summed E-state index contributed by atoms with van der Waals surface area (Å²) >= 11 is 0. The van der Waals surface area contributed by atoms with Gasteiger partial charge in [0.25, 0.3) is 0 Å². The van der Waals surface area contributed by atoms with Crippen molar-refractivity contribution < 1.29 is 14.7 Å². The second kappa shape index (κ2) is 6.38. The number of aliphatic hydroxyl groups is 1. The highest BCUT2D eigenvalue weighted by Crippen LogP contribution is 1.78. The van der Waals surface area contributed by atoms with E-state index < -0.39 is 6.10 Å². The summed E-state index contributed by atoms with van der Waals surface area (Å²) in [7, 11) is 0. The molecule has 1 aliphatic rings. The lowest BCUT2D eigenvalue weighted by Crippen LogP contribution is -2.07. The summed E-state index contributed by atoms with van der Waals surface area (Å²) in [6, 6.07) is 0. The maximum Gasteiger partial charge on any atom is 0.148 e. The monoisotopic (exact) mass is 145 g/mol. The fourth-order valence-electron chi connectivity index (χ4n) is 0.154. The lowest BCUT2D eigenvalue weighted by atomic mass is 10.3. The van der Waals surface area contributed by atoms with E-state index in [1.54, 1.807) is 0 Å². The minimum Gasteiger partial charge on any atom is -0.385 e. The van der Waals surface area contributed by atoms with Crippen LogP contribution in [0.4, 0.5) is 0 Å². The van der Waals surface area contributed by atoms with Gasteiger partial charge in [0.1, 0.15) is 18.7 Å². The number of hydrogen-bond donors (Lipinski definition) is 2. The molecule has 2 N–H and O–H groups in total. The van der Waals surface area contributed by atoms with Crippen molar-refractivity contribution in [1.29, 1.82) is 0 Å². The van der Waals surface area contributed by atoms with E-state index in [1.807, 2.05) is 0 Å². The number of nitrogens with one attached hydrogen (secondary N) is 1. The molecular weight excluding hydrogens is 134 g/mol. The molecule has 1 fully saturated rings. The molecule has 58 valence electrons. The van der Waals surface area contributed by atoms with E-state index in [-0.39, 0.29) is 6.42 Å². The third kappa shape index (κ3) is 10.3. The highest BCUT2D eigenvalue weighted by molar-refractivity contribution is 5.63. The van der Waals surface area contributed by atoms with Crippen LogP contribution in [0.25, 0.3) is 0 Å². The van der Waals surface area contributed by atoms with Crippen LogP contribution in [0.1, 0.15) is 6.42 Å². The van der Waals surface area contributed by atoms with Crippen LogP contribution < -0.4 is 5.32 Å². The minimum absolute atomic E-state index is 0.0938. The van der Waals surface area contributed by atoms with Crippen molar-refractivity contribution >= 4 is 12.6 Å². The van der Waals surface area contributed by atoms with Gasteiger partial charge < -0.3 is 20.0 Å². The highest BCUT2D eigenvalue weighted by atomic mass is 16.3. The first-order valence-corrected chi connectivity index (χ1v) is 3.09. The lowest BCUT2D eigenvalue weighted by molar-refractivity contribution is -0.119. The Kier molecular flexibility index (Phi) is 5.91. The Labute approximate surface area is 59.2 Å². The molecule has 4 nitrogen and oxygen atoms in total. The molecule has 1 rings (SSSR count). The third-order valence-corrected chi connectivity index (χ3v) is 0.745. The predicted octanol–water partition coefficient (Wildman–Crippen LogP) is -1.28. The Morgan fingerprint density at radius 1 is 1.50 bits per heavy atom. The topological polar surface area (TPSA) is 76.3 Å². The van der Waals surface area contributed by atoms with Crippen molar-refractivity contribution in [3.8, 4) is 0 Å². The van der Waals surface area contributed by atoms with E-state index in [1.165, 1.54) is 13.1 Å². The first-order valence-electron chi connectivity index (χ1n) is 3.09. The molecule has 0 aromatic carbocycles. The molecule has 0 radical (unpaired) electrons. The fraction of sp³-hybridized carbons (Fsp3) is 0.667. The standard InChI is InChI=1S/C4H6O3.C2H5N/c5-2-1-4(7)3-6;1-2-3-1/h2-4,7H,1H2;3H,1-2H2. The average molecular weight is 145 g/mol. The van der Waals surface area contributed by atoms with Crippen LogP contribution in [-0.4, -0.2) is 36.9 Å². The van der Waals surface area contributed by atoms with Gasteiger partial charge in [-0.2, -0.15) is 0 Å². The molecule has 0 amide bonds. The second-order valence-corrected chi connectivity index (χ2v) is 1.86. The zero-order valence-corrected chi connectivity index (χ0v) is 5.62. The molecule has 0 bridgehead atoms. The van der Waals surface area contributed by atoms with Crippen LogP contribution in [0, 0.1) is 0 Å². The Morgan fingerprint density at radius 2 is 2.00 bits per heavy atom. The summed E-state index contributed by atoms with van der Waals surface area (Å²) in [4.78, 5) is 18.9. The first kappa shape index (κ1) is 9.26. The molecule has 1 atom stereocenters. The van der Waals surface area contributed by atoms with Crippen LogP contribution in [0.15, 0.2) is 0 Å². The van der Waals surface area contributed by atoms with E-state index in [0.717, 1.165) is 0 Å². The molecule has 0 aliphatic carbocycles. The van der Waals surface area contributed by atoms with Crippen LogP contribution in [-0.2, 0) is 9.59 Å².